The van der Waals surface area contributed by atoms with Gasteiger partial charge in [0.25, 0.3) is 5.91 Å². The summed E-state index contributed by atoms with van der Waals surface area (Å²) in [7, 11) is 0. The molecule has 2 aromatic heterocycles. The molecular formula is C16H21N3O3S. The van der Waals surface area contributed by atoms with Crippen molar-refractivity contribution in [3.8, 4) is 0 Å². The SMILES string of the molecule is CCC(C)NC(=O)COC(=O)c1sc2nc(C)cc(C)c2c1N. The highest BCUT2D eigenvalue weighted by Gasteiger charge is 2.21. The number of thiophene rings is 1. The number of aryl methyl sites for hydroxylation is 2. The first kappa shape index (κ1) is 17.2. The molecule has 2 aromatic rings. The number of nitrogens with two attached hydrogens (primary N) is 1. The Kier molecular flexibility index (Phi) is 5.20. The van der Waals surface area contributed by atoms with Gasteiger partial charge in [-0.1, -0.05) is 6.92 Å². The summed E-state index contributed by atoms with van der Waals surface area (Å²) >= 11 is 1.19. The van der Waals surface area contributed by atoms with E-state index in [1.807, 2.05) is 33.8 Å². The number of aromatic nitrogens is 1. The van der Waals surface area contributed by atoms with Gasteiger partial charge in [-0.25, -0.2) is 9.78 Å². The third-order valence-electron chi connectivity index (χ3n) is 3.56. The molecule has 23 heavy (non-hydrogen) atoms. The zero-order valence-corrected chi connectivity index (χ0v) is 14.5. The van der Waals surface area contributed by atoms with Gasteiger partial charge < -0.3 is 15.8 Å². The van der Waals surface area contributed by atoms with E-state index in [2.05, 4.69) is 10.3 Å². The van der Waals surface area contributed by atoms with Crippen molar-refractivity contribution in [3.05, 3.63) is 22.2 Å². The first-order valence-electron chi connectivity index (χ1n) is 7.46. The van der Waals surface area contributed by atoms with Gasteiger partial charge in [-0.15, -0.1) is 11.3 Å². The smallest absolute Gasteiger partial charge is 0.351 e. The summed E-state index contributed by atoms with van der Waals surface area (Å²) < 4.78 is 5.07. The molecule has 0 bridgehead atoms. The number of hydrogen-bond acceptors (Lipinski definition) is 6. The number of pyridine rings is 1. The fraction of sp³-hybridized carbons (Fsp3) is 0.438. The van der Waals surface area contributed by atoms with E-state index in [-0.39, 0.29) is 23.4 Å². The van der Waals surface area contributed by atoms with Crippen LogP contribution in [0.15, 0.2) is 6.07 Å². The third-order valence-corrected chi connectivity index (χ3v) is 4.64. The number of fused-ring (bicyclic) bond motifs is 1. The first-order valence-corrected chi connectivity index (χ1v) is 8.27. The average molecular weight is 335 g/mol. The molecule has 2 rings (SSSR count). The van der Waals surface area contributed by atoms with E-state index in [0.717, 1.165) is 23.1 Å². The van der Waals surface area contributed by atoms with Crippen molar-refractivity contribution in [2.45, 2.75) is 40.2 Å². The Morgan fingerprint density at radius 3 is 2.78 bits per heavy atom. The number of ether oxygens (including phenoxy) is 1. The number of carbonyl (C=O) groups excluding carboxylic acids is 2. The van der Waals surface area contributed by atoms with E-state index in [4.69, 9.17) is 10.5 Å². The molecule has 0 aliphatic rings. The zero-order valence-electron chi connectivity index (χ0n) is 13.7. The Balaban J connectivity index is 2.14. The minimum Gasteiger partial charge on any atom is -0.451 e. The maximum Gasteiger partial charge on any atom is 0.351 e. The molecule has 7 heteroatoms. The predicted molar refractivity (Wildman–Crippen MR) is 91.7 cm³/mol. The van der Waals surface area contributed by atoms with Crippen LogP contribution in [0.2, 0.25) is 0 Å². The summed E-state index contributed by atoms with van der Waals surface area (Å²) in [6, 6.07) is 1.96. The standard InChI is InChI=1S/C16H21N3O3S/c1-5-9(3)18-11(20)7-22-16(21)14-13(17)12-8(2)6-10(4)19-15(12)23-14/h6,9H,5,7,17H2,1-4H3,(H,18,20). The lowest BCUT2D eigenvalue weighted by Crippen LogP contribution is -2.35. The van der Waals surface area contributed by atoms with Crippen LogP contribution in [0.1, 0.15) is 41.2 Å². The third kappa shape index (κ3) is 3.79. The molecule has 2 heterocycles. The molecule has 0 fully saturated rings. The monoisotopic (exact) mass is 335 g/mol. The number of anilines is 1. The van der Waals surface area contributed by atoms with Crippen LogP contribution in [-0.4, -0.2) is 29.5 Å². The molecule has 3 N–H and O–H groups in total. The number of hydrogen-bond donors (Lipinski definition) is 2. The lowest BCUT2D eigenvalue weighted by Gasteiger charge is -2.11. The molecule has 6 nitrogen and oxygen atoms in total. The number of carbonyl (C=O) groups is 2. The number of amides is 1. The Bertz CT molecular complexity index is 755. The van der Waals surface area contributed by atoms with Crippen LogP contribution in [0.3, 0.4) is 0 Å². The second-order valence-corrected chi connectivity index (χ2v) is 6.56. The lowest BCUT2D eigenvalue weighted by atomic mass is 10.1. The number of esters is 1. The van der Waals surface area contributed by atoms with Gasteiger partial charge in [-0.05, 0) is 38.8 Å². The zero-order chi connectivity index (χ0) is 17.1. The van der Waals surface area contributed by atoms with Gasteiger partial charge in [0.15, 0.2) is 6.61 Å². The molecular weight excluding hydrogens is 314 g/mol. The van der Waals surface area contributed by atoms with Gasteiger partial charge in [0.1, 0.15) is 9.71 Å². The number of nitrogens with zero attached hydrogens (tertiary/aromatic N) is 1. The molecule has 0 aliphatic carbocycles. The topological polar surface area (TPSA) is 94.3 Å². The Morgan fingerprint density at radius 2 is 2.13 bits per heavy atom. The average Bonchev–Trinajstić information content (AvgIpc) is 2.81. The molecule has 0 spiro atoms. The highest BCUT2D eigenvalue weighted by molar-refractivity contribution is 7.21. The van der Waals surface area contributed by atoms with Crippen molar-refractivity contribution in [2.75, 3.05) is 12.3 Å². The van der Waals surface area contributed by atoms with E-state index in [1.54, 1.807) is 0 Å². The van der Waals surface area contributed by atoms with Crippen LogP contribution in [0.4, 0.5) is 5.69 Å². The predicted octanol–water partition coefficient (Wildman–Crippen LogP) is 2.57. The highest BCUT2D eigenvalue weighted by Crippen LogP contribution is 2.35. The van der Waals surface area contributed by atoms with Crippen LogP contribution in [0.25, 0.3) is 10.2 Å². The highest BCUT2D eigenvalue weighted by atomic mass is 32.1. The number of rotatable bonds is 5. The Morgan fingerprint density at radius 1 is 1.43 bits per heavy atom. The van der Waals surface area contributed by atoms with Gasteiger partial charge >= 0.3 is 5.97 Å². The quantitative estimate of drug-likeness (QED) is 0.819. The summed E-state index contributed by atoms with van der Waals surface area (Å²) in [5.74, 6) is -0.917. The molecule has 0 radical (unpaired) electrons. The van der Waals surface area contributed by atoms with Gasteiger partial charge in [-0.3, -0.25) is 4.79 Å². The molecule has 0 saturated carbocycles. The second kappa shape index (κ2) is 6.95. The van der Waals surface area contributed by atoms with E-state index in [9.17, 15) is 9.59 Å². The molecule has 1 atom stereocenters. The summed E-state index contributed by atoms with van der Waals surface area (Å²) in [5, 5.41) is 3.51. The Hall–Kier alpha value is -2.15. The van der Waals surface area contributed by atoms with E-state index >= 15 is 0 Å². The van der Waals surface area contributed by atoms with E-state index < -0.39 is 5.97 Å². The van der Waals surface area contributed by atoms with Crippen molar-refractivity contribution in [2.24, 2.45) is 0 Å². The number of nitrogen functional groups attached to an aromatic ring is 1. The van der Waals surface area contributed by atoms with Gasteiger partial charge in [0, 0.05) is 17.1 Å². The van der Waals surface area contributed by atoms with Crippen molar-refractivity contribution in [1.29, 1.82) is 0 Å². The molecule has 0 aromatic carbocycles. The molecule has 1 unspecified atom stereocenters. The van der Waals surface area contributed by atoms with Crippen molar-refractivity contribution >= 4 is 39.1 Å². The van der Waals surface area contributed by atoms with Crippen molar-refractivity contribution < 1.29 is 14.3 Å². The fourth-order valence-electron chi connectivity index (χ4n) is 2.24. The van der Waals surface area contributed by atoms with Crippen LogP contribution < -0.4 is 11.1 Å². The lowest BCUT2D eigenvalue weighted by molar-refractivity contribution is -0.124. The fourth-order valence-corrected chi connectivity index (χ4v) is 3.35. The summed E-state index contributed by atoms with van der Waals surface area (Å²) in [6.45, 7) is 7.35. The second-order valence-electron chi connectivity index (χ2n) is 5.56. The van der Waals surface area contributed by atoms with Crippen LogP contribution in [0, 0.1) is 13.8 Å². The summed E-state index contributed by atoms with van der Waals surface area (Å²) in [6.07, 6.45) is 0.813. The van der Waals surface area contributed by atoms with Crippen LogP contribution >= 0.6 is 11.3 Å². The summed E-state index contributed by atoms with van der Waals surface area (Å²) in [4.78, 5) is 29.3. The normalized spacial score (nSPS) is 12.2. The van der Waals surface area contributed by atoms with E-state index in [0.29, 0.717) is 10.5 Å². The minimum atomic E-state index is -0.596. The molecule has 0 aliphatic heterocycles. The molecule has 0 saturated heterocycles. The van der Waals surface area contributed by atoms with E-state index in [1.165, 1.54) is 11.3 Å². The minimum absolute atomic E-state index is 0.0467. The summed E-state index contributed by atoms with van der Waals surface area (Å²) in [5.41, 5.74) is 8.26. The van der Waals surface area contributed by atoms with Crippen molar-refractivity contribution in [1.82, 2.24) is 10.3 Å². The maximum atomic E-state index is 12.2. The molecule has 1 amide bonds. The van der Waals surface area contributed by atoms with Gasteiger partial charge in [0.05, 0.1) is 5.69 Å². The first-order chi connectivity index (χ1) is 10.8. The Labute approximate surface area is 139 Å². The maximum absolute atomic E-state index is 12.2. The number of nitrogens with one attached hydrogen (secondary N) is 1. The van der Waals surface area contributed by atoms with Gasteiger partial charge in [-0.2, -0.15) is 0 Å². The molecule has 124 valence electrons. The van der Waals surface area contributed by atoms with Crippen LogP contribution in [0.5, 0.6) is 0 Å². The largest absolute Gasteiger partial charge is 0.451 e. The van der Waals surface area contributed by atoms with Crippen molar-refractivity contribution in [3.63, 3.8) is 0 Å². The van der Waals surface area contributed by atoms with Crippen LogP contribution in [-0.2, 0) is 9.53 Å². The van der Waals surface area contributed by atoms with Gasteiger partial charge in [0.2, 0.25) is 0 Å².